The lowest BCUT2D eigenvalue weighted by Crippen LogP contribution is -2.29. The van der Waals surface area contributed by atoms with E-state index < -0.39 is 17.3 Å². The summed E-state index contributed by atoms with van der Waals surface area (Å²) in [6.07, 6.45) is 6.40. The van der Waals surface area contributed by atoms with Crippen LogP contribution in [0.25, 0.3) is 22.3 Å². The molecule has 3 heterocycles. The van der Waals surface area contributed by atoms with Crippen molar-refractivity contribution in [3.8, 4) is 22.9 Å². The minimum Gasteiger partial charge on any atom is -0.454 e. The lowest BCUT2D eigenvalue weighted by Gasteiger charge is -2.13. The number of carbonyl (C=O) groups is 1. The van der Waals surface area contributed by atoms with Crippen LogP contribution in [0.4, 0.5) is 10.1 Å². The molecule has 6 rings (SSSR count). The van der Waals surface area contributed by atoms with Gasteiger partial charge in [-0.25, -0.2) is 14.4 Å². The SMILES string of the molecule is Cc1cc2nccc(Oc3ccc(NC(=O)c4cc(-c5ncccn5)cn(Cc5ccccc5)c4=O)cc3F)c2cc1C. The van der Waals surface area contributed by atoms with E-state index in [0.717, 1.165) is 33.7 Å². The van der Waals surface area contributed by atoms with Gasteiger partial charge >= 0.3 is 0 Å². The van der Waals surface area contributed by atoms with E-state index in [-0.39, 0.29) is 23.5 Å². The predicted octanol–water partition coefficient (Wildman–Crippen LogP) is 6.70. The van der Waals surface area contributed by atoms with Crippen LogP contribution in [0.2, 0.25) is 0 Å². The molecule has 1 N–H and O–H groups in total. The third kappa shape index (κ3) is 5.87. The highest BCUT2D eigenvalue weighted by atomic mass is 19.1. The largest absolute Gasteiger partial charge is 0.454 e. The summed E-state index contributed by atoms with van der Waals surface area (Å²) >= 11 is 0. The lowest BCUT2D eigenvalue weighted by atomic mass is 10.1. The molecule has 212 valence electrons. The molecule has 0 saturated heterocycles. The number of aromatic nitrogens is 4. The van der Waals surface area contributed by atoms with Gasteiger partial charge in [0.1, 0.15) is 11.3 Å². The number of hydrogen-bond acceptors (Lipinski definition) is 6. The molecule has 1 amide bonds. The summed E-state index contributed by atoms with van der Waals surface area (Å²) in [6.45, 7) is 4.23. The van der Waals surface area contributed by atoms with Gasteiger partial charge in [-0.2, -0.15) is 0 Å². The Morgan fingerprint density at radius 3 is 2.40 bits per heavy atom. The first-order chi connectivity index (χ1) is 20.9. The Hall–Kier alpha value is -5.70. The Morgan fingerprint density at radius 2 is 1.63 bits per heavy atom. The Morgan fingerprint density at radius 1 is 0.860 bits per heavy atom. The van der Waals surface area contributed by atoms with Crippen LogP contribution in [0.15, 0.2) is 108 Å². The first-order valence-corrected chi connectivity index (χ1v) is 13.6. The van der Waals surface area contributed by atoms with Crippen LogP contribution in [0.3, 0.4) is 0 Å². The van der Waals surface area contributed by atoms with Crippen molar-refractivity contribution in [2.75, 3.05) is 5.32 Å². The number of rotatable bonds is 7. The Bertz CT molecular complexity index is 2030. The highest BCUT2D eigenvalue weighted by Crippen LogP contribution is 2.32. The summed E-state index contributed by atoms with van der Waals surface area (Å²) in [5, 5.41) is 3.41. The van der Waals surface area contributed by atoms with E-state index in [9.17, 15) is 9.59 Å². The predicted molar refractivity (Wildman–Crippen MR) is 163 cm³/mol. The summed E-state index contributed by atoms with van der Waals surface area (Å²) in [5.41, 5.74) is 3.80. The fourth-order valence-corrected chi connectivity index (χ4v) is 4.71. The molecule has 0 saturated carbocycles. The summed E-state index contributed by atoms with van der Waals surface area (Å²) in [6, 6.07) is 22.2. The van der Waals surface area contributed by atoms with E-state index in [1.54, 1.807) is 36.9 Å². The topological polar surface area (TPSA) is 99.0 Å². The fraction of sp³-hybridized carbons (Fsp3) is 0.0882. The summed E-state index contributed by atoms with van der Waals surface area (Å²) in [4.78, 5) is 39.7. The van der Waals surface area contributed by atoms with E-state index in [2.05, 4.69) is 20.3 Å². The van der Waals surface area contributed by atoms with Crippen molar-refractivity contribution in [1.29, 1.82) is 0 Å². The van der Waals surface area contributed by atoms with Crippen molar-refractivity contribution in [1.82, 2.24) is 19.5 Å². The van der Waals surface area contributed by atoms with Crippen LogP contribution >= 0.6 is 0 Å². The van der Waals surface area contributed by atoms with Gasteiger partial charge in [0.05, 0.1) is 12.1 Å². The van der Waals surface area contributed by atoms with Crippen LogP contribution in [-0.2, 0) is 6.54 Å². The Kier molecular flexibility index (Phi) is 7.44. The van der Waals surface area contributed by atoms with Crippen molar-refractivity contribution in [3.63, 3.8) is 0 Å². The quantitative estimate of drug-likeness (QED) is 0.229. The van der Waals surface area contributed by atoms with Crippen LogP contribution in [0, 0.1) is 19.7 Å². The molecule has 0 fully saturated rings. The number of amides is 1. The highest BCUT2D eigenvalue weighted by Gasteiger charge is 2.18. The van der Waals surface area contributed by atoms with Gasteiger partial charge in [0, 0.05) is 47.5 Å². The van der Waals surface area contributed by atoms with Gasteiger partial charge in [0.15, 0.2) is 17.4 Å². The number of nitrogens with one attached hydrogen (secondary N) is 1. The summed E-state index contributed by atoms with van der Waals surface area (Å²) < 4.78 is 22.6. The van der Waals surface area contributed by atoms with E-state index in [1.165, 1.54) is 22.8 Å². The highest BCUT2D eigenvalue weighted by molar-refractivity contribution is 6.04. The maximum atomic E-state index is 15.2. The molecule has 0 bridgehead atoms. The maximum Gasteiger partial charge on any atom is 0.263 e. The number of halogens is 1. The number of carbonyl (C=O) groups excluding carboxylic acids is 1. The van der Waals surface area contributed by atoms with Crippen molar-refractivity contribution in [3.05, 3.63) is 142 Å². The molecule has 0 radical (unpaired) electrons. The van der Waals surface area contributed by atoms with Crippen LogP contribution in [0.1, 0.15) is 27.0 Å². The molecular weight excluding hydrogens is 545 g/mol. The molecule has 0 aliphatic rings. The average Bonchev–Trinajstić information content (AvgIpc) is 3.01. The van der Waals surface area contributed by atoms with Crippen LogP contribution in [0.5, 0.6) is 11.5 Å². The van der Waals surface area contributed by atoms with Gasteiger partial charge < -0.3 is 14.6 Å². The fourth-order valence-electron chi connectivity index (χ4n) is 4.71. The lowest BCUT2D eigenvalue weighted by molar-refractivity contribution is 0.102. The molecule has 0 spiro atoms. The molecule has 0 aliphatic heterocycles. The minimum atomic E-state index is -0.691. The second-order valence-electron chi connectivity index (χ2n) is 10.1. The number of fused-ring (bicyclic) bond motifs is 1. The molecule has 6 aromatic rings. The molecule has 43 heavy (non-hydrogen) atoms. The first-order valence-electron chi connectivity index (χ1n) is 13.6. The number of hydrogen-bond donors (Lipinski definition) is 1. The van der Waals surface area contributed by atoms with E-state index in [0.29, 0.717) is 17.1 Å². The summed E-state index contributed by atoms with van der Waals surface area (Å²) in [7, 11) is 0. The minimum absolute atomic E-state index is 0.0165. The van der Waals surface area contributed by atoms with E-state index in [1.807, 2.05) is 56.3 Å². The zero-order valence-electron chi connectivity index (χ0n) is 23.4. The first kappa shape index (κ1) is 27.5. The van der Waals surface area contributed by atoms with Gasteiger partial charge in [-0.05, 0) is 73.0 Å². The molecule has 8 nitrogen and oxygen atoms in total. The van der Waals surface area contributed by atoms with Crippen molar-refractivity contribution < 1.29 is 13.9 Å². The maximum absolute atomic E-state index is 15.2. The average molecular weight is 572 g/mol. The zero-order valence-corrected chi connectivity index (χ0v) is 23.4. The molecule has 3 aromatic heterocycles. The van der Waals surface area contributed by atoms with Crippen molar-refractivity contribution in [2.24, 2.45) is 0 Å². The van der Waals surface area contributed by atoms with E-state index in [4.69, 9.17) is 4.74 Å². The van der Waals surface area contributed by atoms with Gasteiger partial charge in [0.2, 0.25) is 0 Å². The van der Waals surface area contributed by atoms with Crippen molar-refractivity contribution in [2.45, 2.75) is 20.4 Å². The monoisotopic (exact) mass is 571 g/mol. The second kappa shape index (κ2) is 11.7. The van der Waals surface area contributed by atoms with Crippen LogP contribution < -0.4 is 15.6 Å². The van der Waals surface area contributed by atoms with Gasteiger partial charge in [-0.3, -0.25) is 14.6 Å². The molecule has 0 aliphatic carbocycles. The molecule has 3 aromatic carbocycles. The Balaban J connectivity index is 1.29. The van der Waals surface area contributed by atoms with Gasteiger partial charge in [-0.1, -0.05) is 30.3 Å². The van der Waals surface area contributed by atoms with Crippen molar-refractivity contribution >= 4 is 22.5 Å². The molecular formula is C34H26FN5O3. The van der Waals surface area contributed by atoms with Gasteiger partial charge in [-0.15, -0.1) is 0 Å². The summed E-state index contributed by atoms with van der Waals surface area (Å²) in [5.74, 6) is -0.567. The van der Waals surface area contributed by atoms with E-state index >= 15 is 4.39 Å². The number of nitrogens with zero attached hydrogens (tertiary/aromatic N) is 4. The number of pyridine rings is 2. The smallest absolute Gasteiger partial charge is 0.263 e. The third-order valence-corrected chi connectivity index (χ3v) is 7.08. The normalized spacial score (nSPS) is 11.0. The number of aryl methyl sites for hydroxylation is 2. The number of benzene rings is 3. The second-order valence-corrected chi connectivity index (χ2v) is 10.1. The molecule has 9 heteroatoms. The standard InChI is InChI=1S/C34H26FN5O3/c1-21-15-26-29(16-22(21)2)36-14-11-30(26)43-31-10-9-25(18-28(31)35)39-33(41)27-17-24(32-37-12-6-13-38-32)20-40(34(27)42)19-23-7-4-3-5-8-23/h3-18,20H,19H2,1-2H3,(H,39,41). The van der Waals surface area contributed by atoms with Crippen LogP contribution in [-0.4, -0.2) is 25.4 Å². The molecule has 0 atom stereocenters. The zero-order chi connectivity index (χ0) is 29.9. The number of anilines is 1. The molecule has 0 unspecified atom stereocenters. The third-order valence-electron chi connectivity index (χ3n) is 7.08. The Labute approximate surface area is 246 Å². The number of ether oxygens (including phenoxy) is 1. The van der Waals surface area contributed by atoms with Gasteiger partial charge in [0.25, 0.3) is 11.5 Å².